The van der Waals surface area contributed by atoms with Gasteiger partial charge in [-0.25, -0.2) is 0 Å². The zero-order valence-corrected chi connectivity index (χ0v) is 8.85. The number of aliphatic hydroxyl groups is 1. The molecular weight excluding hydrogens is 127 g/mol. The molecule has 0 aliphatic carbocycles. The average molecular weight is 140 g/mol. The molecule has 0 saturated heterocycles. The molecule has 0 radical (unpaired) electrons. The zero-order chi connectivity index (χ0) is 5.70. The average Bonchev–Trinajstić information content (AvgIpc) is 1.68. The SMILES string of the molecule is C=CCC(C)CO.[H-].[K+]. The summed E-state index contributed by atoms with van der Waals surface area (Å²) in [7, 11) is 0. The number of allylic oxidation sites excluding steroid dienone is 1. The Morgan fingerprint density at radius 1 is 1.88 bits per heavy atom. The van der Waals surface area contributed by atoms with Crippen molar-refractivity contribution >= 4 is 0 Å². The minimum atomic E-state index is 0. The van der Waals surface area contributed by atoms with E-state index in [0.29, 0.717) is 5.92 Å². The van der Waals surface area contributed by atoms with Crippen molar-refractivity contribution in [3.8, 4) is 0 Å². The second-order valence-electron chi connectivity index (χ2n) is 1.81. The summed E-state index contributed by atoms with van der Waals surface area (Å²) in [6.45, 7) is 5.80. The fourth-order valence-corrected chi connectivity index (χ4v) is 0.359. The molecule has 44 valence electrons. The van der Waals surface area contributed by atoms with E-state index in [1.54, 1.807) is 0 Å². The third-order valence-corrected chi connectivity index (χ3v) is 0.881. The molecule has 0 saturated carbocycles. The Hall–Kier alpha value is 1.34. The van der Waals surface area contributed by atoms with Crippen LogP contribution < -0.4 is 51.4 Å². The Labute approximate surface area is 95.1 Å². The van der Waals surface area contributed by atoms with E-state index >= 15 is 0 Å². The molecule has 1 N–H and O–H groups in total. The monoisotopic (exact) mass is 140 g/mol. The number of hydrogen-bond acceptors (Lipinski definition) is 1. The maximum atomic E-state index is 8.42. The van der Waals surface area contributed by atoms with Gasteiger partial charge in [0.2, 0.25) is 0 Å². The van der Waals surface area contributed by atoms with E-state index < -0.39 is 0 Å². The van der Waals surface area contributed by atoms with Crippen molar-refractivity contribution in [2.45, 2.75) is 13.3 Å². The van der Waals surface area contributed by atoms with Crippen LogP contribution >= 0.6 is 0 Å². The molecule has 0 rings (SSSR count). The topological polar surface area (TPSA) is 20.2 Å². The predicted octanol–water partition coefficient (Wildman–Crippen LogP) is -1.69. The summed E-state index contributed by atoms with van der Waals surface area (Å²) in [5.74, 6) is 0.387. The summed E-state index contributed by atoms with van der Waals surface area (Å²) in [4.78, 5) is 0. The summed E-state index contributed by atoms with van der Waals surface area (Å²) in [5.41, 5.74) is 0. The van der Waals surface area contributed by atoms with Crippen molar-refractivity contribution in [2.75, 3.05) is 6.61 Å². The molecule has 1 unspecified atom stereocenters. The Balaban J connectivity index is -0.000000180. The molecule has 0 bridgehead atoms. The van der Waals surface area contributed by atoms with E-state index in [1.165, 1.54) is 0 Å². The minimum absolute atomic E-state index is 0. The fraction of sp³-hybridized carbons (Fsp3) is 0.667. The summed E-state index contributed by atoms with van der Waals surface area (Å²) < 4.78 is 0. The van der Waals surface area contributed by atoms with Crippen molar-refractivity contribution in [3.05, 3.63) is 12.7 Å². The normalized spacial score (nSPS) is 11.8. The van der Waals surface area contributed by atoms with Crippen molar-refractivity contribution in [2.24, 2.45) is 5.92 Å². The summed E-state index contributed by atoms with van der Waals surface area (Å²) in [6, 6.07) is 0. The zero-order valence-electron chi connectivity index (χ0n) is 6.72. The van der Waals surface area contributed by atoms with E-state index in [0.717, 1.165) is 6.42 Å². The molecule has 2 heteroatoms. The van der Waals surface area contributed by atoms with Crippen LogP contribution in [-0.2, 0) is 0 Å². The quantitative estimate of drug-likeness (QED) is 0.366. The fourth-order valence-electron chi connectivity index (χ4n) is 0.359. The van der Waals surface area contributed by atoms with Gasteiger partial charge in [0.05, 0.1) is 0 Å². The second-order valence-corrected chi connectivity index (χ2v) is 1.81. The Morgan fingerprint density at radius 2 is 2.38 bits per heavy atom. The Kier molecular flexibility index (Phi) is 12.6. The second kappa shape index (κ2) is 8.34. The van der Waals surface area contributed by atoms with Crippen LogP contribution in [0.3, 0.4) is 0 Å². The van der Waals surface area contributed by atoms with Gasteiger partial charge < -0.3 is 6.53 Å². The van der Waals surface area contributed by atoms with Crippen molar-refractivity contribution in [1.29, 1.82) is 0 Å². The molecule has 0 spiro atoms. The first-order valence-corrected chi connectivity index (χ1v) is 2.53. The first kappa shape index (κ1) is 12.1. The maximum Gasteiger partial charge on any atom is 1.00 e. The van der Waals surface area contributed by atoms with Crippen molar-refractivity contribution < 1.29 is 57.9 Å². The molecule has 0 aromatic rings. The van der Waals surface area contributed by atoms with Gasteiger partial charge >= 0.3 is 51.4 Å². The molecule has 0 amide bonds. The van der Waals surface area contributed by atoms with Crippen LogP contribution in [0.2, 0.25) is 0 Å². The van der Waals surface area contributed by atoms with E-state index in [2.05, 4.69) is 6.58 Å². The van der Waals surface area contributed by atoms with Crippen LogP contribution in [0.25, 0.3) is 0 Å². The summed E-state index contributed by atoms with van der Waals surface area (Å²) in [5, 5.41) is 8.42. The molecule has 8 heavy (non-hydrogen) atoms. The van der Waals surface area contributed by atoms with Crippen LogP contribution in [0.4, 0.5) is 0 Å². The van der Waals surface area contributed by atoms with Crippen molar-refractivity contribution in [3.63, 3.8) is 0 Å². The van der Waals surface area contributed by atoms with Gasteiger partial charge in [-0.15, -0.1) is 6.58 Å². The summed E-state index contributed by atoms with van der Waals surface area (Å²) >= 11 is 0. The maximum absolute atomic E-state index is 8.42. The molecule has 0 heterocycles. The Morgan fingerprint density at radius 3 is 2.50 bits per heavy atom. The molecule has 0 aromatic heterocycles. The Bertz CT molecular complexity index is 59.0. The van der Waals surface area contributed by atoms with Crippen LogP contribution in [0, 0.1) is 5.92 Å². The molecular formula is C6H13KO. The van der Waals surface area contributed by atoms with E-state index in [-0.39, 0.29) is 59.4 Å². The van der Waals surface area contributed by atoms with Crippen molar-refractivity contribution in [1.82, 2.24) is 0 Å². The van der Waals surface area contributed by atoms with Gasteiger partial charge in [0.1, 0.15) is 0 Å². The van der Waals surface area contributed by atoms with Gasteiger partial charge in [-0.2, -0.15) is 0 Å². The van der Waals surface area contributed by atoms with Crippen LogP contribution in [0.5, 0.6) is 0 Å². The minimum Gasteiger partial charge on any atom is -1.00 e. The van der Waals surface area contributed by atoms with Crippen LogP contribution in [0.15, 0.2) is 12.7 Å². The van der Waals surface area contributed by atoms with Crippen LogP contribution in [-0.4, -0.2) is 11.7 Å². The van der Waals surface area contributed by atoms with Gasteiger partial charge in [0.15, 0.2) is 0 Å². The molecule has 1 nitrogen and oxygen atoms in total. The molecule has 0 aliphatic heterocycles. The van der Waals surface area contributed by atoms with E-state index in [4.69, 9.17) is 5.11 Å². The number of aliphatic hydroxyl groups excluding tert-OH is 1. The first-order chi connectivity index (χ1) is 3.31. The number of rotatable bonds is 3. The predicted molar refractivity (Wildman–Crippen MR) is 32.2 cm³/mol. The number of hydrogen-bond donors (Lipinski definition) is 1. The molecule has 0 aliphatic rings. The molecule has 0 aromatic carbocycles. The van der Waals surface area contributed by atoms with Gasteiger partial charge in [-0.3, -0.25) is 0 Å². The molecule has 1 atom stereocenters. The smallest absolute Gasteiger partial charge is 1.00 e. The van der Waals surface area contributed by atoms with Gasteiger partial charge in [0.25, 0.3) is 0 Å². The first-order valence-electron chi connectivity index (χ1n) is 2.53. The third kappa shape index (κ3) is 7.34. The van der Waals surface area contributed by atoms with Gasteiger partial charge in [-0.1, -0.05) is 13.0 Å². The largest absolute Gasteiger partial charge is 1.00 e. The summed E-state index contributed by atoms with van der Waals surface area (Å²) in [6.07, 6.45) is 2.73. The van der Waals surface area contributed by atoms with Gasteiger partial charge in [-0.05, 0) is 12.3 Å². The molecule has 0 fully saturated rings. The third-order valence-electron chi connectivity index (χ3n) is 0.881. The van der Waals surface area contributed by atoms with Gasteiger partial charge in [0, 0.05) is 6.61 Å². The standard InChI is InChI=1S/C6H12O.K.H/c1-3-4-6(2)5-7;;/h3,6-7H,1,4-5H2,2H3;;/q;+1;-1. The van der Waals surface area contributed by atoms with E-state index in [1.807, 2.05) is 13.0 Å². The van der Waals surface area contributed by atoms with Crippen LogP contribution in [0.1, 0.15) is 14.8 Å². The van der Waals surface area contributed by atoms with E-state index in [9.17, 15) is 0 Å².